The van der Waals surface area contributed by atoms with Gasteiger partial charge in [-0.15, -0.1) is 17.5 Å². The molecule has 1 aromatic carbocycles. The van der Waals surface area contributed by atoms with Gasteiger partial charge in [0.2, 0.25) is 5.91 Å². The van der Waals surface area contributed by atoms with Crippen LogP contribution in [-0.4, -0.2) is 70.0 Å². The average Bonchev–Trinajstić information content (AvgIpc) is 3.06. The molecule has 1 aliphatic rings. The first kappa shape index (κ1) is 21.8. The number of anilines is 1. The van der Waals surface area contributed by atoms with E-state index < -0.39 is 0 Å². The van der Waals surface area contributed by atoms with Gasteiger partial charge in [-0.05, 0) is 17.7 Å². The molecule has 2 aromatic rings. The number of halogens is 3. The minimum absolute atomic E-state index is 0. The molecule has 148 valence electrons. The van der Waals surface area contributed by atoms with Gasteiger partial charge in [0.1, 0.15) is 0 Å². The average molecular weight is 434 g/mol. The van der Waals surface area contributed by atoms with Crippen LogP contribution in [0.3, 0.4) is 0 Å². The molecule has 27 heavy (non-hydrogen) atoms. The van der Waals surface area contributed by atoms with Crippen LogP contribution in [0.15, 0.2) is 24.4 Å². The zero-order chi connectivity index (χ0) is 18.5. The summed E-state index contributed by atoms with van der Waals surface area (Å²) in [7, 11) is 0. The summed E-state index contributed by atoms with van der Waals surface area (Å²) < 4.78 is 1.76. The van der Waals surface area contributed by atoms with Crippen molar-refractivity contribution in [2.24, 2.45) is 0 Å². The van der Waals surface area contributed by atoms with Crippen LogP contribution in [0.5, 0.6) is 0 Å². The number of hydrogen-bond acceptors (Lipinski definition) is 5. The van der Waals surface area contributed by atoms with E-state index in [2.05, 4.69) is 20.5 Å². The van der Waals surface area contributed by atoms with Crippen LogP contribution in [0.1, 0.15) is 12.5 Å². The lowest BCUT2D eigenvalue weighted by Crippen LogP contribution is -2.49. The molecule has 0 atom stereocenters. The van der Waals surface area contributed by atoms with Crippen molar-refractivity contribution >= 4 is 47.3 Å². The number of benzene rings is 1. The van der Waals surface area contributed by atoms with E-state index >= 15 is 0 Å². The lowest BCUT2D eigenvalue weighted by Gasteiger charge is -2.34. The Morgan fingerprint density at radius 1 is 1.19 bits per heavy atom. The number of rotatable bonds is 6. The maximum absolute atomic E-state index is 11.3. The van der Waals surface area contributed by atoms with Crippen LogP contribution in [0, 0.1) is 0 Å². The van der Waals surface area contributed by atoms with Crippen molar-refractivity contribution in [1.82, 2.24) is 24.8 Å². The van der Waals surface area contributed by atoms with Crippen molar-refractivity contribution < 1.29 is 4.79 Å². The molecular formula is C17H23Cl3N6O. The van der Waals surface area contributed by atoms with E-state index in [1.807, 2.05) is 23.2 Å². The van der Waals surface area contributed by atoms with Crippen molar-refractivity contribution in [3.05, 3.63) is 40.0 Å². The highest BCUT2D eigenvalue weighted by Gasteiger charge is 2.17. The fourth-order valence-electron chi connectivity index (χ4n) is 2.91. The first-order valence-corrected chi connectivity index (χ1v) is 9.32. The smallest absolute Gasteiger partial charge is 0.219 e. The lowest BCUT2D eigenvalue weighted by molar-refractivity contribution is -0.130. The molecule has 0 bridgehead atoms. The summed E-state index contributed by atoms with van der Waals surface area (Å²) in [6.07, 6.45) is 1.87. The monoisotopic (exact) mass is 432 g/mol. The van der Waals surface area contributed by atoms with Crippen molar-refractivity contribution in [3.8, 4) is 0 Å². The van der Waals surface area contributed by atoms with Gasteiger partial charge in [0, 0.05) is 46.2 Å². The van der Waals surface area contributed by atoms with Gasteiger partial charge >= 0.3 is 0 Å². The molecule has 1 amide bonds. The highest BCUT2D eigenvalue weighted by molar-refractivity contribution is 6.42. The molecule has 1 aliphatic heterocycles. The minimum atomic E-state index is 0. The van der Waals surface area contributed by atoms with Crippen LogP contribution in [0.2, 0.25) is 10.0 Å². The van der Waals surface area contributed by atoms with Gasteiger partial charge in [-0.2, -0.15) is 0 Å². The summed E-state index contributed by atoms with van der Waals surface area (Å²) >= 11 is 12.0. The summed E-state index contributed by atoms with van der Waals surface area (Å²) in [6.45, 7) is 7.31. The Balaban J connectivity index is 0.00000261. The maximum atomic E-state index is 11.3. The predicted octanol–water partition coefficient (Wildman–Crippen LogP) is 2.63. The number of hydrogen-bond donors (Lipinski definition) is 1. The summed E-state index contributed by atoms with van der Waals surface area (Å²) in [6, 6.07) is 5.53. The molecule has 1 saturated heterocycles. The van der Waals surface area contributed by atoms with Crippen LogP contribution >= 0.6 is 35.6 Å². The van der Waals surface area contributed by atoms with E-state index in [9.17, 15) is 4.79 Å². The molecule has 2 heterocycles. The zero-order valence-corrected chi connectivity index (χ0v) is 17.4. The third kappa shape index (κ3) is 6.24. The Kier molecular flexibility index (Phi) is 8.16. The van der Waals surface area contributed by atoms with E-state index in [0.29, 0.717) is 16.6 Å². The summed E-state index contributed by atoms with van der Waals surface area (Å²) in [5, 5.41) is 12.6. The molecule has 10 heteroatoms. The van der Waals surface area contributed by atoms with Gasteiger partial charge in [-0.3, -0.25) is 9.69 Å². The Bertz CT molecular complexity index is 761. The molecular weight excluding hydrogens is 411 g/mol. The van der Waals surface area contributed by atoms with Gasteiger partial charge in [0.25, 0.3) is 0 Å². The molecule has 1 fully saturated rings. The largest absolute Gasteiger partial charge is 0.366 e. The number of amides is 1. The van der Waals surface area contributed by atoms with E-state index in [1.54, 1.807) is 17.7 Å². The highest BCUT2D eigenvalue weighted by atomic mass is 35.5. The lowest BCUT2D eigenvalue weighted by atomic mass is 10.2. The molecule has 1 N–H and O–H groups in total. The molecule has 0 aliphatic carbocycles. The number of carbonyl (C=O) groups is 1. The third-order valence-electron chi connectivity index (χ3n) is 4.42. The third-order valence-corrected chi connectivity index (χ3v) is 5.16. The zero-order valence-electron chi connectivity index (χ0n) is 15.1. The fourth-order valence-corrected chi connectivity index (χ4v) is 3.23. The van der Waals surface area contributed by atoms with E-state index in [-0.39, 0.29) is 18.3 Å². The predicted molar refractivity (Wildman–Crippen MR) is 110 cm³/mol. The minimum Gasteiger partial charge on any atom is -0.366 e. The molecule has 0 radical (unpaired) electrons. The summed E-state index contributed by atoms with van der Waals surface area (Å²) in [5.74, 6) is 0.897. The van der Waals surface area contributed by atoms with Gasteiger partial charge in [0.05, 0.1) is 22.8 Å². The quantitative estimate of drug-likeness (QED) is 0.758. The molecule has 0 spiro atoms. The number of aromatic nitrogens is 3. The van der Waals surface area contributed by atoms with E-state index in [1.165, 1.54) is 0 Å². The second kappa shape index (κ2) is 10.1. The van der Waals surface area contributed by atoms with Crippen molar-refractivity contribution in [1.29, 1.82) is 0 Å². The van der Waals surface area contributed by atoms with Crippen molar-refractivity contribution in [3.63, 3.8) is 0 Å². The van der Waals surface area contributed by atoms with E-state index in [0.717, 1.165) is 50.6 Å². The summed E-state index contributed by atoms with van der Waals surface area (Å²) in [4.78, 5) is 15.6. The Hall–Kier alpha value is -1.54. The maximum Gasteiger partial charge on any atom is 0.219 e. The standard InChI is InChI=1S/C17H22Cl2N6O.ClH/c1-13(26)24-8-6-23(7-9-24)5-4-20-17-12-25(22-21-17)11-14-2-3-15(18)16(19)10-14;/h2-3,10,12,20H,4-9,11H2,1H3;1H. The second-order valence-corrected chi connectivity index (χ2v) is 7.14. The Morgan fingerprint density at radius 2 is 1.93 bits per heavy atom. The van der Waals surface area contributed by atoms with Crippen LogP contribution < -0.4 is 5.32 Å². The van der Waals surface area contributed by atoms with Crippen molar-refractivity contribution in [2.45, 2.75) is 13.5 Å². The van der Waals surface area contributed by atoms with E-state index in [4.69, 9.17) is 23.2 Å². The normalized spacial score (nSPS) is 14.7. The second-order valence-electron chi connectivity index (χ2n) is 6.32. The summed E-state index contributed by atoms with van der Waals surface area (Å²) in [5.41, 5.74) is 1.01. The number of nitrogens with zero attached hydrogens (tertiary/aromatic N) is 5. The first-order valence-electron chi connectivity index (χ1n) is 8.57. The Labute approximate surface area is 175 Å². The van der Waals surface area contributed by atoms with Gasteiger partial charge < -0.3 is 10.2 Å². The van der Waals surface area contributed by atoms with Crippen LogP contribution in [0.4, 0.5) is 5.82 Å². The van der Waals surface area contributed by atoms with Gasteiger partial charge in [0.15, 0.2) is 5.82 Å². The number of nitrogens with one attached hydrogen (secondary N) is 1. The molecule has 0 unspecified atom stereocenters. The number of carbonyl (C=O) groups excluding carboxylic acids is 1. The molecule has 7 nitrogen and oxygen atoms in total. The van der Waals surface area contributed by atoms with Crippen molar-refractivity contribution in [2.75, 3.05) is 44.6 Å². The molecule has 0 saturated carbocycles. The SMILES string of the molecule is CC(=O)N1CCN(CCNc2cn(Cc3ccc(Cl)c(Cl)c3)nn2)CC1.Cl. The first-order chi connectivity index (χ1) is 12.5. The van der Waals surface area contributed by atoms with Crippen LogP contribution in [0.25, 0.3) is 0 Å². The van der Waals surface area contributed by atoms with Crippen LogP contribution in [-0.2, 0) is 11.3 Å². The molecule has 1 aromatic heterocycles. The topological polar surface area (TPSA) is 66.3 Å². The van der Waals surface area contributed by atoms with Gasteiger partial charge in [-0.25, -0.2) is 4.68 Å². The highest BCUT2D eigenvalue weighted by Crippen LogP contribution is 2.22. The Morgan fingerprint density at radius 3 is 2.59 bits per heavy atom. The molecule has 3 rings (SSSR count). The fraction of sp³-hybridized carbons (Fsp3) is 0.471. The number of piperazine rings is 1. The van der Waals surface area contributed by atoms with Gasteiger partial charge in [-0.1, -0.05) is 34.5 Å².